The van der Waals surface area contributed by atoms with Crippen LogP contribution in [0, 0.1) is 0 Å². The Morgan fingerprint density at radius 3 is 2.19 bits per heavy atom. The lowest BCUT2D eigenvalue weighted by molar-refractivity contribution is 0.494. The highest BCUT2D eigenvalue weighted by Gasteiger charge is 2.14. The number of hydrogen-bond acceptors (Lipinski definition) is 1. The molecule has 0 bridgehead atoms. The summed E-state index contributed by atoms with van der Waals surface area (Å²) in [5.74, 6) is 0. The van der Waals surface area contributed by atoms with Crippen LogP contribution in [0.25, 0.3) is 0 Å². The minimum absolute atomic E-state index is 0.372. The van der Waals surface area contributed by atoms with E-state index in [1.54, 1.807) is 11.1 Å². The van der Waals surface area contributed by atoms with Gasteiger partial charge in [-0.15, -0.1) is 0 Å². The summed E-state index contributed by atoms with van der Waals surface area (Å²) < 4.78 is 0. The summed E-state index contributed by atoms with van der Waals surface area (Å²) in [6, 6.07) is 18.5. The molecule has 3 rings (SSSR count). The Bertz CT molecular complexity index is 588. The van der Waals surface area contributed by atoms with Crippen molar-refractivity contribution in [1.29, 1.82) is 0 Å². The minimum atomic E-state index is 0.372. The van der Waals surface area contributed by atoms with Gasteiger partial charge < -0.3 is 5.32 Å². The number of benzene rings is 2. The molecule has 0 spiro atoms. The first kappa shape index (κ1) is 14.3. The average molecular weight is 279 g/mol. The van der Waals surface area contributed by atoms with Crippen molar-refractivity contribution in [2.75, 3.05) is 0 Å². The first-order chi connectivity index (χ1) is 10.2. The fraction of sp³-hybridized carbons (Fsp3) is 0.400. The molecule has 1 nitrogen and oxygen atoms in total. The fourth-order valence-corrected chi connectivity index (χ4v) is 3.33. The van der Waals surface area contributed by atoms with Gasteiger partial charge in [-0.1, -0.05) is 48.5 Å². The molecule has 0 fully saturated rings. The number of hydrogen-bond donors (Lipinski definition) is 1. The second kappa shape index (κ2) is 6.44. The van der Waals surface area contributed by atoms with Crippen LogP contribution in [0.15, 0.2) is 48.5 Å². The first-order valence-electron chi connectivity index (χ1n) is 8.17. The van der Waals surface area contributed by atoms with Crippen LogP contribution in [0.2, 0.25) is 0 Å². The van der Waals surface area contributed by atoms with Gasteiger partial charge in [-0.05, 0) is 61.8 Å². The maximum Gasteiger partial charge on any atom is 0.0297 e. The summed E-state index contributed by atoms with van der Waals surface area (Å²) in [6.07, 6.45) is 5.21. The van der Waals surface area contributed by atoms with E-state index < -0.39 is 0 Å². The van der Waals surface area contributed by atoms with Gasteiger partial charge >= 0.3 is 0 Å². The molecule has 2 aromatic rings. The van der Waals surface area contributed by atoms with Gasteiger partial charge in [0.2, 0.25) is 0 Å². The van der Waals surface area contributed by atoms with Gasteiger partial charge in [-0.3, -0.25) is 0 Å². The molecule has 2 aromatic carbocycles. The third-order valence-electron chi connectivity index (χ3n) is 4.67. The zero-order chi connectivity index (χ0) is 14.7. The summed E-state index contributed by atoms with van der Waals surface area (Å²) in [7, 11) is 0. The van der Waals surface area contributed by atoms with E-state index in [1.807, 2.05) is 0 Å². The molecule has 21 heavy (non-hydrogen) atoms. The number of fused-ring (bicyclic) bond motifs is 1. The van der Waals surface area contributed by atoms with Crippen molar-refractivity contribution >= 4 is 0 Å². The highest BCUT2D eigenvalue weighted by atomic mass is 14.9. The van der Waals surface area contributed by atoms with Gasteiger partial charge in [0.15, 0.2) is 0 Å². The Labute approximate surface area is 128 Å². The largest absolute Gasteiger partial charge is 0.304 e. The minimum Gasteiger partial charge on any atom is -0.304 e. The molecule has 1 aliphatic carbocycles. The molecule has 0 saturated heterocycles. The maximum atomic E-state index is 3.72. The van der Waals surface area contributed by atoms with Crippen LogP contribution in [0.4, 0.5) is 0 Å². The van der Waals surface area contributed by atoms with Crippen LogP contribution in [0.1, 0.15) is 61.0 Å². The topological polar surface area (TPSA) is 12.0 Å². The van der Waals surface area contributed by atoms with Gasteiger partial charge in [-0.25, -0.2) is 0 Å². The SMILES string of the molecule is CC(N[C@@H](C)c1ccccc1)c1ccc2c(c1)CCCC2. The molecule has 1 heteroatoms. The van der Waals surface area contributed by atoms with Crippen LogP contribution >= 0.6 is 0 Å². The zero-order valence-corrected chi connectivity index (χ0v) is 13.1. The van der Waals surface area contributed by atoms with Gasteiger partial charge in [0.05, 0.1) is 0 Å². The van der Waals surface area contributed by atoms with Crippen molar-refractivity contribution in [1.82, 2.24) is 5.32 Å². The van der Waals surface area contributed by atoms with Gasteiger partial charge in [-0.2, -0.15) is 0 Å². The molecule has 2 atom stereocenters. The standard InChI is InChI=1S/C20H25N/c1-15(17-8-4-3-5-9-17)21-16(2)19-13-12-18-10-6-7-11-20(18)14-19/h3-5,8-9,12-16,21H,6-7,10-11H2,1-2H3/t15-,16?/m0/s1. The quantitative estimate of drug-likeness (QED) is 0.832. The lowest BCUT2D eigenvalue weighted by atomic mass is 9.89. The average Bonchev–Trinajstić information content (AvgIpc) is 2.55. The second-order valence-corrected chi connectivity index (χ2v) is 6.26. The number of rotatable bonds is 4. The molecule has 1 aliphatic rings. The first-order valence-corrected chi connectivity index (χ1v) is 8.17. The lowest BCUT2D eigenvalue weighted by Crippen LogP contribution is -2.22. The van der Waals surface area contributed by atoms with E-state index in [0.29, 0.717) is 12.1 Å². The molecule has 0 amide bonds. The molecule has 0 heterocycles. The zero-order valence-electron chi connectivity index (χ0n) is 13.1. The Balaban J connectivity index is 1.72. The number of aryl methyl sites for hydroxylation is 2. The van der Waals surface area contributed by atoms with Crippen molar-refractivity contribution in [2.45, 2.75) is 51.6 Å². The third-order valence-corrected chi connectivity index (χ3v) is 4.67. The van der Waals surface area contributed by atoms with Crippen LogP contribution < -0.4 is 5.32 Å². The van der Waals surface area contributed by atoms with Gasteiger partial charge in [0, 0.05) is 12.1 Å². The van der Waals surface area contributed by atoms with Crippen LogP contribution in [0.3, 0.4) is 0 Å². The van der Waals surface area contributed by atoms with E-state index >= 15 is 0 Å². The molecular formula is C20H25N. The van der Waals surface area contributed by atoms with Gasteiger partial charge in [0.25, 0.3) is 0 Å². The van der Waals surface area contributed by atoms with Crippen molar-refractivity contribution in [2.24, 2.45) is 0 Å². The molecule has 1 N–H and O–H groups in total. The number of nitrogens with one attached hydrogen (secondary N) is 1. The molecule has 0 saturated carbocycles. The van der Waals surface area contributed by atoms with E-state index in [1.165, 1.54) is 36.8 Å². The summed E-state index contributed by atoms with van der Waals surface area (Å²) in [5, 5.41) is 3.72. The van der Waals surface area contributed by atoms with E-state index in [2.05, 4.69) is 67.7 Å². The maximum absolute atomic E-state index is 3.72. The predicted octanol–water partition coefficient (Wildman–Crippen LogP) is 4.98. The normalized spacial score (nSPS) is 17.0. The summed E-state index contributed by atoms with van der Waals surface area (Å²) >= 11 is 0. The molecule has 0 radical (unpaired) electrons. The van der Waals surface area contributed by atoms with Crippen molar-refractivity contribution < 1.29 is 0 Å². The smallest absolute Gasteiger partial charge is 0.0297 e. The van der Waals surface area contributed by atoms with Gasteiger partial charge in [0.1, 0.15) is 0 Å². The fourth-order valence-electron chi connectivity index (χ4n) is 3.33. The van der Waals surface area contributed by atoms with Crippen LogP contribution in [-0.2, 0) is 12.8 Å². The predicted molar refractivity (Wildman–Crippen MR) is 89.5 cm³/mol. The Hall–Kier alpha value is -1.60. The van der Waals surface area contributed by atoms with E-state index in [-0.39, 0.29) is 0 Å². The molecule has 0 aromatic heterocycles. The van der Waals surface area contributed by atoms with Crippen LogP contribution in [-0.4, -0.2) is 0 Å². The molecule has 0 aliphatic heterocycles. The molecule has 1 unspecified atom stereocenters. The monoisotopic (exact) mass is 279 g/mol. The van der Waals surface area contributed by atoms with Crippen molar-refractivity contribution in [3.63, 3.8) is 0 Å². The lowest BCUT2D eigenvalue weighted by Gasteiger charge is -2.23. The second-order valence-electron chi connectivity index (χ2n) is 6.26. The van der Waals surface area contributed by atoms with Crippen molar-refractivity contribution in [3.05, 3.63) is 70.8 Å². The highest BCUT2D eigenvalue weighted by Crippen LogP contribution is 2.26. The van der Waals surface area contributed by atoms with E-state index in [9.17, 15) is 0 Å². The Kier molecular flexibility index (Phi) is 4.40. The third kappa shape index (κ3) is 3.36. The van der Waals surface area contributed by atoms with E-state index in [0.717, 1.165) is 0 Å². The summed E-state index contributed by atoms with van der Waals surface area (Å²) in [4.78, 5) is 0. The van der Waals surface area contributed by atoms with Crippen LogP contribution in [0.5, 0.6) is 0 Å². The van der Waals surface area contributed by atoms with E-state index in [4.69, 9.17) is 0 Å². The highest BCUT2D eigenvalue weighted by molar-refractivity contribution is 5.35. The summed E-state index contributed by atoms with van der Waals surface area (Å²) in [6.45, 7) is 4.51. The molecule has 110 valence electrons. The Morgan fingerprint density at radius 2 is 1.43 bits per heavy atom. The van der Waals surface area contributed by atoms with Crippen molar-refractivity contribution in [3.8, 4) is 0 Å². The molecular weight excluding hydrogens is 254 g/mol. The Morgan fingerprint density at radius 1 is 0.762 bits per heavy atom. The summed E-state index contributed by atoms with van der Waals surface area (Å²) in [5.41, 5.74) is 5.90.